The minimum absolute atomic E-state index is 0.0830. The number of rotatable bonds is 2. The van der Waals surface area contributed by atoms with E-state index in [0.29, 0.717) is 12.8 Å². The Kier molecular flexibility index (Phi) is 4.30. The molecule has 1 saturated heterocycles. The van der Waals surface area contributed by atoms with Crippen LogP contribution in [0.15, 0.2) is 22.7 Å². The first-order valence-corrected chi connectivity index (χ1v) is 8.76. The standard InChI is InChI=1S/C13H16BrNO3S/c1-9-8-11(14)2-3-12(9)15-13(16)10-4-6-19(17,18)7-5-10/h2-3,8,10H,4-7H2,1H3,(H,15,16). The normalized spacial score (nSPS) is 19.1. The monoisotopic (exact) mass is 345 g/mol. The Bertz CT molecular complexity index is 584. The molecule has 1 N–H and O–H groups in total. The third-order valence-corrected chi connectivity index (χ3v) is 5.58. The van der Waals surface area contributed by atoms with Gasteiger partial charge in [-0.25, -0.2) is 8.42 Å². The topological polar surface area (TPSA) is 63.2 Å². The third kappa shape index (κ3) is 3.79. The summed E-state index contributed by atoms with van der Waals surface area (Å²) in [5, 5.41) is 2.88. The van der Waals surface area contributed by atoms with E-state index in [1.54, 1.807) is 0 Å². The zero-order valence-corrected chi connectivity index (χ0v) is 13.1. The maximum Gasteiger partial charge on any atom is 0.227 e. The first kappa shape index (κ1) is 14.5. The number of nitrogens with one attached hydrogen (secondary N) is 1. The highest BCUT2D eigenvalue weighted by Crippen LogP contribution is 2.24. The lowest BCUT2D eigenvalue weighted by atomic mass is 10.0. The predicted octanol–water partition coefficient (Wildman–Crippen LogP) is 2.52. The summed E-state index contributed by atoms with van der Waals surface area (Å²) in [7, 11) is -2.92. The van der Waals surface area contributed by atoms with Crippen LogP contribution >= 0.6 is 15.9 Å². The summed E-state index contributed by atoms with van der Waals surface area (Å²) in [5.74, 6) is -0.0543. The average molecular weight is 346 g/mol. The molecular weight excluding hydrogens is 330 g/mol. The number of hydrogen-bond acceptors (Lipinski definition) is 3. The molecule has 4 nitrogen and oxygen atoms in total. The van der Waals surface area contributed by atoms with E-state index in [9.17, 15) is 13.2 Å². The Labute approximate surface area is 121 Å². The van der Waals surface area contributed by atoms with E-state index in [1.165, 1.54) is 0 Å². The number of sulfone groups is 1. The van der Waals surface area contributed by atoms with Crippen molar-refractivity contribution in [3.63, 3.8) is 0 Å². The Morgan fingerprint density at radius 3 is 2.53 bits per heavy atom. The predicted molar refractivity (Wildman–Crippen MR) is 78.9 cm³/mol. The molecule has 0 aliphatic carbocycles. The molecule has 1 heterocycles. The zero-order valence-electron chi connectivity index (χ0n) is 10.6. The molecule has 1 aliphatic rings. The van der Waals surface area contributed by atoms with Crippen molar-refractivity contribution < 1.29 is 13.2 Å². The molecule has 1 aromatic rings. The Balaban J connectivity index is 2.02. The van der Waals surface area contributed by atoms with Gasteiger partial charge in [-0.2, -0.15) is 0 Å². The van der Waals surface area contributed by atoms with Crippen molar-refractivity contribution >= 4 is 37.4 Å². The second kappa shape index (κ2) is 5.63. The molecule has 0 unspecified atom stereocenters. The summed E-state index contributed by atoms with van der Waals surface area (Å²) < 4.78 is 23.6. The minimum Gasteiger partial charge on any atom is -0.326 e. The molecule has 0 atom stereocenters. The first-order valence-electron chi connectivity index (χ1n) is 6.15. The van der Waals surface area contributed by atoms with E-state index in [2.05, 4.69) is 21.2 Å². The quantitative estimate of drug-likeness (QED) is 0.895. The van der Waals surface area contributed by atoms with Crippen molar-refractivity contribution in [2.45, 2.75) is 19.8 Å². The number of hydrogen-bond donors (Lipinski definition) is 1. The van der Waals surface area contributed by atoms with Gasteiger partial charge in [-0.05, 0) is 43.5 Å². The Morgan fingerprint density at radius 1 is 1.32 bits per heavy atom. The van der Waals surface area contributed by atoms with Crippen LogP contribution in [0.5, 0.6) is 0 Å². The van der Waals surface area contributed by atoms with Crippen LogP contribution in [0, 0.1) is 12.8 Å². The highest BCUT2D eigenvalue weighted by atomic mass is 79.9. The maximum absolute atomic E-state index is 12.1. The van der Waals surface area contributed by atoms with Crippen LogP contribution in [-0.4, -0.2) is 25.8 Å². The van der Waals surface area contributed by atoms with Crippen LogP contribution in [0.2, 0.25) is 0 Å². The molecule has 0 saturated carbocycles. The summed E-state index contributed by atoms with van der Waals surface area (Å²) in [4.78, 5) is 12.1. The van der Waals surface area contributed by atoms with Gasteiger partial charge in [-0.1, -0.05) is 15.9 Å². The fourth-order valence-corrected chi connectivity index (χ4v) is 4.12. The molecule has 0 spiro atoms. The average Bonchev–Trinajstić information content (AvgIpc) is 2.32. The van der Waals surface area contributed by atoms with Crippen LogP contribution in [-0.2, 0) is 14.6 Å². The van der Waals surface area contributed by atoms with Crippen molar-refractivity contribution in [2.75, 3.05) is 16.8 Å². The smallest absolute Gasteiger partial charge is 0.227 e. The number of carbonyl (C=O) groups excluding carboxylic acids is 1. The summed E-state index contributed by atoms with van der Waals surface area (Å²) in [6.07, 6.45) is 0.841. The molecule has 1 amide bonds. The third-order valence-electron chi connectivity index (χ3n) is 3.37. The van der Waals surface area contributed by atoms with Gasteiger partial charge in [0, 0.05) is 16.1 Å². The lowest BCUT2D eigenvalue weighted by Gasteiger charge is -2.21. The van der Waals surface area contributed by atoms with Gasteiger partial charge < -0.3 is 5.32 Å². The number of anilines is 1. The number of carbonyl (C=O) groups is 1. The SMILES string of the molecule is Cc1cc(Br)ccc1NC(=O)C1CCS(=O)(=O)CC1. The van der Waals surface area contributed by atoms with Gasteiger partial charge in [0.15, 0.2) is 0 Å². The molecule has 0 bridgehead atoms. The van der Waals surface area contributed by atoms with Crippen molar-refractivity contribution in [1.82, 2.24) is 0 Å². The second-order valence-corrected chi connectivity index (χ2v) is 8.09. The maximum atomic E-state index is 12.1. The number of halogens is 1. The lowest BCUT2D eigenvalue weighted by molar-refractivity contribution is -0.120. The van der Waals surface area contributed by atoms with E-state index in [0.717, 1.165) is 15.7 Å². The van der Waals surface area contributed by atoms with E-state index < -0.39 is 9.84 Å². The summed E-state index contributed by atoms with van der Waals surface area (Å²) in [6, 6.07) is 5.64. The molecule has 2 rings (SSSR count). The fourth-order valence-electron chi connectivity index (χ4n) is 2.15. The second-order valence-electron chi connectivity index (χ2n) is 4.87. The summed E-state index contributed by atoms with van der Waals surface area (Å²) in [6.45, 7) is 1.92. The highest BCUT2D eigenvalue weighted by Gasteiger charge is 2.28. The van der Waals surface area contributed by atoms with Crippen molar-refractivity contribution in [3.8, 4) is 0 Å². The molecule has 1 fully saturated rings. The lowest BCUT2D eigenvalue weighted by Crippen LogP contribution is -2.32. The van der Waals surface area contributed by atoms with Gasteiger partial charge in [0.1, 0.15) is 9.84 Å². The van der Waals surface area contributed by atoms with E-state index in [1.807, 2.05) is 25.1 Å². The Hall–Kier alpha value is -0.880. The van der Waals surface area contributed by atoms with Crippen LogP contribution in [0.1, 0.15) is 18.4 Å². The highest BCUT2D eigenvalue weighted by molar-refractivity contribution is 9.10. The van der Waals surface area contributed by atoms with Crippen molar-refractivity contribution in [2.24, 2.45) is 5.92 Å². The van der Waals surface area contributed by atoms with Crippen molar-refractivity contribution in [3.05, 3.63) is 28.2 Å². The molecule has 0 radical (unpaired) electrons. The molecular formula is C13H16BrNO3S. The minimum atomic E-state index is -2.92. The number of aryl methyl sites for hydroxylation is 1. The first-order chi connectivity index (χ1) is 8.87. The van der Waals surface area contributed by atoms with Gasteiger partial charge in [-0.15, -0.1) is 0 Å². The van der Waals surface area contributed by atoms with Crippen LogP contribution in [0.4, 0.5) is 5.69 Å². The summed E-state index contributed by atoms with van der Waals surface area (Å²) in [5.41, 5.74) is 1.76. The van der Waals surface area contributed by atoms with Crippen molar-refractivity contribution in [1.29, 1.82) is 0 Å². The zero-order chi connectivity index (χ0) is 14.0. The van der Waals surface area contributed by atoms with Gasteiger partial charge >= 0.3 is 0 Å². The van der Waals surface area contributed by atoms with E-state index in [-0.39, 0.29) is 23.3 Å². The van der Waals surface area contributed by atoms with Crippen LogP contribution in [0.25, 0.3) is 0 Å². The largest absolute Gasteiger partial charge is 0.326 e. The number of amides is 1. The van der Waals surface area contributed by atoms with Gasteiger partial charge in [0.25, 0.3) is 0 Å². The fraction of sp³-hybridized carbons (Fsp3) is 0.462. The van der Waals surface area contributed by atoms with E-state index >= 15 is 0 Å². The molecule has 6 heteroatoms. The number of benzene rings is 1. The summed E-state index contributed by atoms with van der Waals surface area (Å²) >= 11 is 3.37. The molecule has 1 aliphatic heterocycles. The van der Waals surface area contributed by atoms with Crippen LogP contribution < -0.4 is 5.32 Å². The van der Waals surface area contributed by atoms with E-state index in [4.69, 9.17) is 0 Å². The molecule has 0 aromatic heterocycles. The molecule has 104 valence electrons. The molecule has 1 aromatic carbocycles. The molecule has 19 heavy (non-hydrogen) atoms. The van der Waals surface area contributed by atoms with Gasteiger partial charge in [0.2, 0.25) is 5.91 Å². The van der Waals surface area contributed by atoms with Gasteiger partial charge in [-0.3, -0.25) is 4.79 Å². The Morgan fingerprint density at radius 2 is 1.95 bits per heavy atom. The van der Waals surface area contributed by atoms with Crippen LogP contribution in [0.3, 0.4) is 0 Å². The van der Waals surface area contributed by atoms with Gasteiger partial charge in [0.05, 0.1) is 11.5 Å².